The minimum atomic E-state index is 1.15. The first-order valence-corrected chi connectivity index (χ1v) is 8.60. The molecule has 0 aromatic carbocycles. The van der Waals surface area contributed by atoms with E-state index in [1.54, 1.807) is 6.20 Å². The summed E-state index contributed by atoms with van der Waals surface area (Å²) in [4.78, 5) is 0. The van der Waals surface area contributed by atoms with Crippen LogP contribution >= 0.6 is 0 Å². The largest absolute Gasteiger partial charge is 0.405 e. The maximum atomic E-state index is 5.30. The van der Waals surface area contributed by atoms with E-state index in [1.807, 2.05) is 0 Å². The van der Waals surface area contributed by atoms with Crippen molar-refractivity contribution in [1.82, 2.24) is 0 Å². The van der Waals surface area contributed by atoms with E-state index in [1.165, 1.54) is 83.5 Å². The molecule has 0 heterocycles. The molecule has 0 saturated carbocycles. The second-order valence-electron chi connectivity index (χ2n) is 5.62. The Kier molecular flexibility index (Phi) is 17.1. The average Bonchev–Trinajstić information content (AvgIpc) is 2.43. The molecular formula is C18H36N. The van der Waals surface area contributed by atoms with Crippen LogP contribution in [0.15, 0.2) is 12.3 Å². The summed E-state index contributed by atoms with van der Waals surface area (Å²) >= 11 is 0. The Bertz CT molecular complexity index is 175. The topological polar surface area (TPSA) is 26.0 Å². The number of hydrogen-bond donors (Lipinski definition) is 1. The van der Waals surface area contributed by atoms with Crippen LogP contribution in [0.3, 0.4) is 0 Å². The van der Waals surface area contributed by atoms with Gasteiger partial charge < -0.3 is 5.73 Å². The van der Waals surface area contributed by atoms with Crippen LogP contribution in [-0.4, -0.2) is 0 Å². The van der Waals surface area contributed by atoms with Crippen molar-refractivity contribution >= 4 is 0 Å². The van der Waals surface area contributed by atoms with Gasteiger partial charge in [0.1, 0.15) is 0 Å². The molecule has 0 aromatic rings. The van der Waals surface area contributed by atoms with Crippen LogP contribution in [-0.2, 0) is 0 Å². The van der Waals surface area contributed by atoms with E-state index in [0.717, 1.165) is 6.42 Å². The summed E-state index contributed by atoms with van der Waals surface area (Å²) in [5.41, 5.74) is 5.30. The van der Waals surface area contributed by atoms with Crippen molar-refractivity contribution in [3.8, 4) is 0 Å². The molecule has 0 aliphatic carbocycles. The summed E-state index contributed by atoms with van der Waals surface area (Å²) in [5.74, 6) is 0. The summed E-state index contributed by atoms with van der Waals surface area (Å²) in [5, 5.41) is 0. The predicted octanol–water partition coefficient (Wildman–Crippen LogP) is 6.14. The zero-order chi connectivity index (χ0) is 14.0. The molecular weight excluding hydrogens is 230 g/mol. The van der Waals surface area contributed by atoms with Gasteiger partial charge in [0.15, 0.2) is 0 Å². The minimum absolute atomic E-state index is 1.15. The van der Waals surface area contributed by atoms with Gasteiger partial charge in [0.2, 0.25) is 0 Å². The first kappa shape index (κ1) is 18.5. The number of allylic oxidation sites excluding steroid dienone is 1. The van der Waals surface area contributed by atoms with Gasteiger partial charge in [-0.2, -0.15) is 0 Å². The van der Waals surface area contributed by atoms with Crippen molar-refractivity contribution in [2.75, 3.05) is 0 Å². The molecule has 1 nitrogen and oxygen atoms in total. The van der Waals surface area contributed by atoms with Gasteiger partial charge in [-0.3, -0.25) is 0 Å². The van der Waals surface area contributed by atoms with Crippen LogP contribution in [0.2, 0.25) is 0 Å². The van der Waals surface area contributed by atoms with Crippen molar-refractivity contribution in [2.45, 2.75) is 96.8 Å². The summed E-state index contributed by atoms with van der Waals surface area (Å²) in [7, 11) is 0. The van der Waals surface area contributed by atoms with Crippen LogP contribution < -0.4 is 5.73 Å². The van der Waals surface area contributed by atoms with Crippen molar-refractivity contribution < 1.29 is 0 Å². The molecule has 1 radical (unpaired) electrons. The number of unbranched alkanes of at least 4 members (excludes halogenated alkanes) is 14. The molecule has 0 fully saturated rings. The molecule has 2 N–H and O–H groups in total. The highest BCUT2D eigenvalue weighted by atomic mass is 14.5. The van der Waals surface area contributed by atoms with Crippen LogP contribution in [0, 0.1) is 6.42 Å². The number of hydrogen-bond acceptors (Lipinski definition) is 1. The third-order valence-corrected chi connectivity index (χ3v) is 3.68. The van der Waals surface area contributed by atoms with Crippen molar-refractivity contribution in [2.24, 2.45) is 5.73 Å². The Balaban J connectivity index is 2.91. The summed E-state index contributed by atoms with van der Waals surface area (Å²) in [6, 6.07) is 0. The highest BCUT2D eigenvalue weighted by molar-refractivity contribution is 4.75. The molecule has 0 unspecified atom stereocenters. The highest BCUT2D eigenvalue weighted by Gasteiger charge is 1.93. The number of rotatable bonds is 15. The fraction of sp³-hybridized carbons (Fsp3) is 0.833. The van der Waals surface area contributed by atoms with E-state index in [0.29, 0.717) is 0 Å². The molecule has 0 bridgehead atoms. The monoisotopic (exact) mass is 266 g/mol. The quantitative estimate of drug-likeness (QED) is 0.354. The number of nitrogens with two attached hydrogens (primary N) is 1. The molecule has 0 aliphatic heterocycles. The zero-order valence-corrected chi connectivity index (χ0v) is 13.2. The standard InChI is InChI=1S/C18H36N/c1-2-3-4-5-6-7-8-9-10-11-12-13-14-15-16-17-18-19/h10,17-18H,2-9,11-16,19H2,1H3. The van der Waals surface area contributed by atoms with E-state index in [9.17, 15) is 0 Å². The van der Waals surface area contributed by atoms with Gasteiger partial charge >= 0.3 is 0 Å². The van der Waals surface area contributed by atoms with Gasteiger partial charge in [-0.15, -0.1) is 0 Å². The zero-order valence-electron chi connectivity index (χ0n) is 13.2. The SMILES string of the molecule is CCCCCCCCC[CH]CCCCCCC=CN. The van der Waals surface area contributed by atoms with E-state index in [-0.39, 0.29) is 0 Å². The molecule has 0 spiro atoms. The Morgan fingerprint density at radius 3 is 1.63 bits per heavy atom. The van der Waals surface area contributed by atoms with Crippen molar-refractivity contribution in [1.29, 1.82) is 0 Å². The van der Waals surface area contributed by atoms with E-state index < -0.39 is 0 Å². The lowest BCUT2D eigenvalue weighted by molar-refractivity contribution is 0.577. The molecule has 0 atom stereocenters. The van der Waals surface area contributed by atoms with Gasteiger partial charge in [-0.25, -0.2) is 0 Å². The predicted molar refractivity (Wildman–Crippen MR) is 87.9 cm³/mol. The molecule has 19 heavy (non-hydrogen) atoms. The van der Waals surface area contributed by atoms with Crippen LogP contribution in [0.4, 0.5) is 0 Å². The summed E-state index contributed by atoms with van der Waals surface area (Å²) in [6.45, 7) is 2.28. The third-order valence-electron chi connectivity index (χ3n) is 3.68. The maximum absolute atomic E-state index is 5.30. The van der Waals surface area contributed by atoms with Crippen molar-refractivity contribution in [3.05, 3.63) is 18.7 Å². The van der Waals surface area contributed by atoms with Gasteiger partial charge in [-0.1, -0.05) is 90.0 Å². The smallest absolute Gasteiger partial charge is 0.0103 e. The van der Waals surface area contributed by atoms with E-state index in [4.69, 9.17) is 5.73 Å². The van der Waals surface area contributed by atoms with Gasteiger partial charge in [0, 0.05) is 0 Å². The van der Waals surface area contributed by atoms with Gasteiger partial charge in [0.05, 0.1) is 0 Å². The van der Waals surface area contributed by atoms with Crippen LogP contribution in [0.5, 0.6) is 0 Å². The average molecular weight is 266 g/mol. The minimum Gasteiger partial charge on any atom is -0.405 e. The Labute approximate surface area is 122 Å². The molecule has 0 rings (SSSR count). The fourth-order valence-electron chi connectivity index (χ4n) is 2.39. The lowest BCUT2D eigenvalue weighted by atomic mass is 10.0. The highest BCUT2D eigenvalue weighted by Crippen LogP contribution is 2.12. The first-order chi connectivity index (χ1) is 9.41. The Hall–Kier alpha value is -0.460. The Morgan fingerprint density at radius 1 is 0.632 bits per heavy atom. The summed E-state index contributed by atoms with van der Waals surface area (Å²) < 4.78 is 0. The normalized spacial score (nSPS) is 11.4. The van der Waals surface area contributed by atoms with Gasteiger partial charge in [-0.05, 0) is 25.5 Å². The fourth-order valence-corrected chi connectivity index (χ4v) is 2.39. The Morgan fingerprint density at radius 2 is 1.11 bits per heavy atom. The van der Waals surface area contributed by atoms with E-state index in [2.05, 4.69) is 19.4 Å². The molecule has 0 aliphatic rings. The third kappa shape index (κ3) is 17.5. The van der Waals surface area contributed by atoms with Crippen LogP contribution in [0.1, 0.15) is 96.8 Å². The lowest BCUT2D eigenvalue weighted by Gasteiger charge is -2.02. The second kappa shape index (κ2) is 17.5. The van der Waals surface area contributed by atoms with Gasteiger partial charge in [0.25, 0.3) is 0 Å². The molecule has 1 heteroatoms. The maximum Gasteiger partial charge on any atom is -0.0103 e. The molecule has 0 amide bonds. The van der Waals surface area contributed by atoms with E-state index >= 15 is 0 Å². The molecule has 0 saturated heterocycles. The molecule has 0 aromatic heterocycles. The van der Waals surface area contributed by atoms with Crippen molar-refractivity contribution in [3.63, 3.8) is 0 Å². The summed E-state index contributed by atoms with van der Waals surface area (Å²) in [6.07, 6.45) is 25.4. The van der Waals surface area contributed by atoms with Crippen LogP contribution in [0.25, 0.3) is 0 Å². The lowest BCUT2D eigenvalue weighted by Crippen LogP contribution is -1.84. The second-order valence-corrected chi connectivity index (χ2v) is 5.62. The molecule has 113 valence electrons. The first-order valence-electron chi connectivity index (χ1n) is 8.60.